The lowest BCUT2D eigenvalue weighted by molar-refractivity contribution is -0.119. The molecular formula is C12H14N4O. The number of carbonyl (C=O) groups is 1. The van der Waals surface area contributed by atoms with Crippen LogP contribution in [0.15, 0.2) is 24.7 Å². The Morgan fingerprint density at radius 2 is 2.24 bits per heavy atom. The van der Waals surface area contributed by atoms with Crippen LogP contribution in [0.3, 0.4) is 0 Å². The summed E-state index contributed by atoms with van der Waals surface area (Å²) >= 11 is 0. The predicted octanol–water partition coefficient (Wildman–Crippen LogP) is 1.86. The van der Waals surface area contributed by atoms with Crippen molar-refractivity contribution in [2.24, 2.45) is 5.92 Å². The highest BCUT2D eigenvalue weighted by molar-refractivity contribution is 5.92. The Balaban J connectivity index is 1.77. The standard InChI is InChI=1S/C12H14N4O/c17-12(9-3-1-2-4-9)15-10-7-13-11-5-6-14-16(11)8-10/h5-9H,1-4H2,(H,15,17). The van der Waals surface area contributed by atoms with Crippen molar-refractivity contribution < 1.29 is 4.79 Å². The SMILES string of the molecule is O=C(Nc1cnc2ccnn2c1)C1CCCC1. The zero-order valence-corrected chi connectivity index (χ0v) is 9.47. The monoisotopic (exact) mass is 230 g/mol. The Morgan fingerprint density at radius 1 is 1.41 bits per heavy atom. The topological polar surface area (TPSA) is 59.3 Å². The first-order valence-corrected chi connectivity index (χ1v) is 5.93. The molecule has 1 aliphatic carbocycles. The zero-order valence-electron chi connectivity index (χ0n) is 9.47. The summed E-state index contributed by atoms with van der Waals surface area (Å²) in [4.78, 5) is 16.1. The fourth-order valence-electron chi connectivity index (χ4n) is 2.31. The third kappa shape index (κ3) is 2.00. The maximum Gasteiger partial charge on any atom is 0.227 e. The molecule has 0 aromatic carbocycles. The van der Waals surface area contributed by atoms with Crippen LogP contribution in [-0.2, 0) is 4.79 Å². The molecule has 1 amide bonds. The van der Waals surface area contributed by atoms with Crippen molar-refractivity contribution in [3.8, 4) is 0 Å². The van der Waals surface area contributed by atoms with E-state index in [1.807, 2.05) is 6.07 Å². The molecule has 1 fully saturated rings. The summed E-state index contributed by atoms with van der Waals surface area (Å²) < 4.78 is 1.66. The van der Waals surface area contributed by atoms with Gasteiger partial charge in [-0.2, -0.15) is 5.10 Å². The molecule has 3 rings (SSSR count). The molecule has 0 bridgehead atoms. The minimum atomic E-state index is 0.107. The normalized spacial score (nSPS) is 16.5. The Kier molecular flexibility index (Phi) is 2.51. The second-order valence-corrected chi connectivity index (χ2v) is 4.45. The quantitative estimate of drug-likeness (QED) is 0.856. The van der Waals surface area contributed by atoms with Crippen molar-refractivity contribution >= 4 is 17.2 Å². The van der Waals surface area contributed by atoms with Gasteiger partial charge in [0.15, 0.2) is 5.65 Å². The number of anilines is 1. The van der Waals surface area contributed by atoms with Crippen molar-refractivity contribution in [2.45, 2.75) is 25.7 Å². The molecule has 0 radical (unpaired) electrons. The van der Waals surface area contributed by atoms with Gasteiger partial charge in [0.05, 0.1) is 24.3 Å². The van der Waals surface area contributed by atoms with Gasteiger partial charge in [-0.05, 0) is 12.8 Å². The molecule has 0 unspecified atom stereocenters. The molecule has 2 heterocycles. The Morgan fingerprint density at radius 3 is 3.06 bits per heavy atom. The summed E-state index contributed by atoms with van der Waals surface area (Å²) in [6.45, 7) is 0. The third-order valence-corrected chi connectivity index (χ3v) is 3.24. The molecule has 2 aromatic rings. The van der Waals surface area contributed by atoms with Crippen LogP contribution < -0.4 is 5.32 Å². The van der Waals surface area contributed by atoms with Crippen LogP contribution in [-0.4, -0.2) is 20.5 Å². The summed E-state index contributed by atoms with van der Waals surface area (Å²) in [6, 6.07) is 1.82. The first kappa shape index (κ1) is 10.3. The second-order valence-electron chi connectivity index (χ2n) is 4.45. The van der Waals surface area contributed by atoms with E-state index in [1.54, 1.807) is 23.1 Å². The number of carbonyl (C=O) groups excluding carboxylic acids is 1. The number of hydrogen-bond acceptors (Lipinski definition) is 3. The number of hydrogen-bond donors (Lipinski definition) is 1. The van der Waals surface area contributed by atoms with Crippen LogP contribution in [0.5, 0.6) is 0 Å². The number of amides is 1. The summed E-state index contributed by atoms with van der Waals surface area (Å²) in [7, 11) is 0. The maximum absolute atomic E-state index is 11.9. The van der Waals surface area contributed by atoms with Crippen LogP contribution >= 0.6 is 0 Å². The molecule has 0 spiro atoms. The van der Waals surface area contributed by atoms with Gasteiger partial charge in [0, 0.05) is 12.0 Å². The van der Waals surface area contributed by atoms with E-state index in [-0.39, 0.29) is 11.8 Å². The molecule has 5 nitrogen and oxygen atoms in total. The van der Waals surface area contributed by atoms with E-state index in [9.17, 15) is 4.79 Å². The second kappa shape index (κ2) is 4.16. The van der Waals surface area contributed by atoms with Crippen LogP contribution in [0.25, 0.3) is 5.65 Å². The van der Waals surface area contributed by atoms with Gasteiger partial charge < -0.3 is 5.32 Å². The molecule has 2 aromatic heterocycles. The number of rotatable bonds is 2. The predicted molar refractivity (Wildman–Crippen MR) is 63.6 cm³/mol. The van der Waals surface area contributed by atoms with Crippen molar-refractivity contribution in [3.05, 3.63) is 24.7 Å². The molecule has 88 valence electrons. The minimum Gasteiger partial charge on any atom is -0.323 e. The molecule has 0 aliphatic heterocycles. The van der Waals surface area contributed by atoms with Gasteiger partial charge in [0.1, 0.15) is 0 Å². The largest absolute Gasteiger partial charge is 0.323 e. The summed E-state index contributed by atoms with van der Waals surface area (Å²) in [6.07, 6.45) is 9.47. The number of nitrogens with one attached hydrogen (secondary N) is 1. The molecule has 1 aliphatic rings. The van der Waals surface area contributed by atoms with Crippen LogP contribution in [0, 0.1) is 5.92 Å². The molecule has 0 atom stereocenters. The van der Waals surface area contributed by atoms with E-state index < -0.39 is 0 Å². The van der Waals surface area contributed by atoms with Gasteiger partial charge >= 0.3 is 0 Å². The van der Waals surface area contributed by atoms with E-state index in [4.69, 9.17) is 0 Å². The van der Waals surface area contributed by atoms with Crippen molar-refractivity contribution in [3.63, 3.8) is 0 Å². The summed E-state index contributed by atoms with van der Waals surface area (Å²) in [5.74, 6) is 0.277. The molecule has 0 saturated heterocycles. The first-order valence-electron chi connectivity index (χ1n) is 5.93. The summed E-state index contributed by atoms with van der Waals surface area (Å²) in [5.41, 5.74) is 1.49. The zero-order chi connectivity index (χ0) is 11.7. The van der Waals surface area contributed by atoms with E-state index >= 15 is 0 Å². The van der Waals surface area contributed by atoms with E-state index in [2.05, 4.69) is 15.4 Å². The third-order valence-electron chi connectivity index (χ3n) is 3.24. The number of aromatic nitrogens is 3. The molecule has 1 saturated carbocycles. The molecule has 5 heteroatoms. The lowest BCUT2D eigenvalue weighted by Crippen LogP contribution is -2.20. The average molecular weight is 230 g/mol. The highest BCUT2D eigenvalue weighted by Crippen LogP contribution is 2.25. The highest BCUT2D eigenvalue weighted by atomic mass is 16.1. The fourth-order valence-corrected chi connectivity index (χ4v) is 2.31. The van der Waals surface area contributed by atoms with Gasteiger partial charge in [-0.25, -0.2) is 9.50 Å². The smallest absolute Gasteiger partial charge is 0.227 e. The van der Waals surface area contributed by atoms with Crippen molar-refractivity contribution in [1.29, 1.82) is 0 Å². The fraction of sp³-hybridized carbons (Fsp3) is 0.417. The minimum absolute atomic E-state index is 0.107. The van der Waals surface area contributed by atoms with Gasteiger partial charge in [-0.3, -0.25) is 4.79 Å². The molecule has 17 heavy (non-hydrogen) atoms. The number of nitrogens with zero attached hydrogens (tertiary/aromatic N) is 3. The van der Waals surface area contributed by atoms with Gasteiger partial charge in [-0.1, -0.05) is 12.8 Å². The van der Waals surface area contributed by atoms with E-state index in [0.29, 0.717) is 5.69 Å². The number of fused-ring (bicyclic) bond motifs is 1. The van der Waals surface area contributed by atoms with Crippen molar-refractivity contribution in [1.82, 2.24) is 14.6 Å². The average Bonchev–Trinajstić information content (AvgIpc) is 2.99. The first-order chi connectivity index (χ1) is 8.33. The molecule has 1 N–H and O–H groups in total. The van der Waals surface area contributed by atoms with Gasteiger partial charge in [0.2, 0.25) is 5.91 Å². The van der Waals surface area contributed by atoms with Crippen LogP contribution in [0.4, 0.5) is 5.69 Å². The Labute approximate surface area is 98.9 Å². The summed E-state index contributed by atoms with van der Waals surface area (Å²) in [5, 5.41) is 6.99. The van der Waals surface area contributed by atoms with Gasteiger partial charge in [0.25, 0.3) is 0 Å². The highest BCUT2D eigenvalue weighted by Gasteiger charge is 2.22. The van der Waals surface area contributed by atoms with E-state index in [1.165, 1.54) is 0 Å². The van der Waals surface area contributed by atoms with Gasteiger partial charge in [-0.15, -0.1) is 0 Å². The van der Waals surface area contributed by atoms with E-state index in [0.717, 1.165) is 31.3 Å². The van der Waals surface area contributed by atoms with Crippen molar-refractivity contribution in [2.75, 3.05) is 5.32 Å². The lowest BCUT2D eigenvalue weighted by atomic mass is 10.1. The maximum atomic E-state index is 11.9. The Hall–Kier alpha value is -1.91. The molecular weight excluding hydrogens is 216 g/mol. The van der Waals surface area contributed by atoms with Crippen LogP contribution in [0.2, 0.25) is 0 Å². The van der Waals surface area contributed by atoms with Crippen LogP contribution in [0.1, 0.15) is 25.7 Å². The Bertz CT molecular complexity index is 542. The lowest BCUT2D eigenvalue weighted by Gasteiger charge is -2.09.